The van der Waals surface area contributed by atoms with Crippen molar-refractivity contribution in [1.29, 1.82) is 0 Å². The van der Waals surface area contributed by atoms with Crippen molar-refractivity contribution in [1.82, 2.24) is 0 Å². The molecule has 1 unspecified atom stereocenters. The summed E-state index contributed by atoms with van der Waals surface area (Å²) in [4.78, 5) is 16.2. The van der Waals surface area contributed by atoms with Gasteiger partial charge < -0.3 is 14.9 Å². The van der Waals surface area contributed by atoms with Crippen LogP contribution < -0.4 is 0 Å². The average Bonchev–Trinajstić information content (AvgIpc) is 1.62. The molecule has 0 aromatic heterocycles. The van der Waals surface area contributed by atoms with Gasteiger partial charge in [0.15, 0.2) is 5.85 Å². The molecule has 8 heavy (non-hydrogen) atoms. The number of rotatable bonds is 2. The lowest BCUT2D eigenvalue weighted by Gasteiger charge is -2.04. The lowest BCUT2D eigenvalue weighted by atomic mass is 10.7. The third-order valence-electron chi connectivity index (χ3n) is 0.555. The van der Waals surface area contributed by atoms with E-state index in [0.717, 1.165) is 6.08 Å². The highest BCUT2D eigenvalue weighted by Crippen LogP contribution is 2.39. The second-order valence-corrected chi connectivity index (χ2v) is 2.95. The average molecular weight is 138 g/mol. The van der Waals surface area contributed by atoms with Gasteiger partial charge in [-0.05, 0) is 0 Å². The fourth-order valence-electron chi connectivity index (χ4n) is 0.137. The number of aliphatic hydroxyl groups excluding tert-OH is 1. The maximum absolute atomic E-state index is 9.94. The molecule has 1 atom stereocenters. The van der Waals surface area contributed by atoms with Crippen LogP contribution in [-0.2, 0) is 4.57 Å². The van der Waals surface area contributed by atoms with Gasteiger partial charge in [-0.25, -0.2) is 0 Å². The SMILES string of the molecule is C=CC(O)P(=O)(O)O. The smallest absolute Gasteiger partial charge is 0.357 e. The summed E-state index contributed by atoms with van der Waals surface area (Å²) in [5.41, 5.74) is 0. The van der Waals surface area contributed by atoms with Gasteiger partial charge in [0.1, 0.15) is 0 Å². The third-order valence-corrected chi connectivity index (χ3v) is 1.46. The quantitative estimate of drug-likeness (QED) is 0.360. The lowest BCUT2D eigenvalue weighted by Crippen LogP contribution is -2.00. The first-order valence-corrected chi connectivity index (χ1v) is 3.52. The van der Waals surface area contributed by atoms with E-state index in [1.54, 1.807) is 0 Å². The molecule has 0 bridgehead atoms. The Morgan fingerprint density at radius 3 is 2.00 bits per heavy atom. The number of hydrogen-bond donors (Lipinski definition) is 3. The van der Waals surface area contributed by atoms with Gasteiger partial charge in [0.25, 0.3) is 0 Å². The van der Waals surface area contributed by atoms with E-state index in [9.17, 15) is 4.57 Å². The van der Waals surface area contributed by atoms with E-state index in [2.05, 4.69) is 6.58 Å². The fraction of sp³-hybridized carbons (Fsp3) is 0.333. The molecule has 0 aliphatic rings. The predicted octanol–water partition coefficient (Wildman–Crippen LogP) is -0.332. The van der Waals surface area contributed by atoms with Crippen molar-refractivity contribution >= 4 is 7.60 Å². The van der Waals surface area contributed by atoms with Gasteiger partial charge in [-0.1, -0.05) is 12.7 Å². The van der Waals surface area contributed by atoms with E-state index in [-0.39, 0.29) is 0 Å². The molecule has 0 aromatic rings. The van der Waals surface area contributed by atoms with Gasteiger partial charge in [-0.2, -0.15) is 0 Å². The Labute approximate surface area is 46.6 Å². The zero-order chi connectivity index (χ0) is 6.78. The minimum atomic E-state index is -4.32. The van der Waals surface area contributed by atoms with Crippen molar-refractivity contribution in [2.24, 2.45) is 0 Å². The lowest BCUT2D eigenvalue weighted by molar-refractivity contribution is 0.239. The molecule has 0 amide bonds. The van der Waals surface area contributed by atoms with E-state index < -0.39 is 13.4 Å². The summed E-state index contributed by atoms with van der Waals surface area (Å²) in [5.74, 6) is -1.72. The van der Waals surface area contributed by atoms with Crippen molar-refractivity contribution in [2.75, 3.05) is 0 Å². The van der Waals surface area contributed by atoms with Crippen LogP contribution in [0.3, 0.4) is 0 Å². The molecular weight excluding hydrogens is 131 g/mol. The molecule has 0 rings (SSSR count). The van der Waals surface area contributed by atoms with Crippen LogP contribution in [0.25, 0.3) is 0 Å². The first kappa shape index (κ1) is 7.85. The summed E-state index contributed by atoms with van der Waals surface area (Å²) >= 11 is 0. The summed E-state index contributed by atoms with van der Waals surface area (Å²) in [5, 5.41) is 8.31. The summed E-state index contributed by atoms with van der Waals surface area (Å²) in [6.07, 6.45) is 0.792. The Morgan fingerprint density at radius 1 is 1.62 bits per heavy atom. The third kappa shape index (κ3) is 2.23. The van der Waals surface area contributed by atoms with Crippen molar-refractivity contribution in [3.05, 3.63) is 12.7 Å². The van der Waals surface area contributed by atoms with Gasteiger partial charge in [0.05, 0.1) is 0 Å². The Kier molecular flexibility index (Phi) is 2.37. The van der Waals surface area contributed by atoms with Crippen molar-refractivity contribution in [3.8, 4) is 0 Å². The highest BCUT2D eigenvalue weighted by Gasteiger charge is 2.21. The predicted molar refractivity (Wildman–Crippen MR) is 28.2 cm³/mol. The van der Waals surface area contributed by atoms with Crippen LogP contribution in [0, 0.1) is 0 Å². The van der Waals surface area contributed by atoms with Crippen molar-refractivity contribution in [3.63, 3.8) is 0 Å². The molecule has 48 valence electrons. The second-order valence-electron chi connectivity index (χ2n) is 1.24. The van der Waals surface area contributed by atoms with Gasteiger partial charge in [-0.3, -0.25) is 4.57 Å². The normalized spacial score (nSPS) is 15.4. The van der Waals surface area contributed by atoms with Gasteiger partial charge in [-0.15, -0.1) is 0 Å². The zero-order valence-corrected chi connectivity index (χ0v) is 4.95. The Hall–Kier alpha value is -0.150. The van der Waals surface area contributed by atoms with Gasteiger partial charge in [0, 0.05) is 0 Å². The molecular formula is C3H7O4P. The van der Waals surface area contributed by atoms with E-state index >= 15 is 0 Å². The van der Waals surface area contributed by atoms with Crippen LogP contribution in [0.5, 0.6) is 0 Å². The minimum Gasteiger partial charge on any atom is -0.377 e. The molecule has 4 nitrogen and oxygen atoms in total. The second kappa shape index (κ2) is 2.42. The monoisotopic (exact) mass is 138 g/mol. The molecule has 0 aliphatic heterocycles. The molecule has 0 saturated heterocycles. The summed E-state index contributed by atoms with van der Waals surface area (Å²) in [7, 11) is -4.32. The Balaban J connectivity index is 4.02. The van der Waals surface area contributed by atoms with Crippen molar-refractivity contribution < 1.29 is 19.5 Å². The molecule has 0 aromatic carbocycles. The van der Waals surface area contributed by atoms with E-state index in [1.165, 1.54) is 0 Å². The zero-order valence-electron chi connectivity index (χ0n) is 4.06. The van der Waals surface area contributed by atoms with Crippen LogP contribution in [0.2, 0.25) is 0 Å². The molecule has 0 saturated carbocycles. The maximum Gasteiger partial charge on any atom is 0.357 e. The van der Waals surface area contributed by atoms with Crippen molar-refractivity contribution in [2.45, 2.75) is 5.85 Å². The Morgan fingerprint density at radius 2 is 2.00 bits per heavy atom. The molecule has 3 N–H and O–H groups in total. The standard InChI is InChI=1S/C3H7O4P/c1-2-3(4)8(5,6)7/h2-4H,1H2,(H2,5,6,7). The van der Waals surface area contributed by atoms with E-state index in [0.29, 0.717) is 0 Å². The largest absolute Gasteiger partial charge is 0.377 e. The number of aliphatic hydroxyl groups is 1. The summed E-state index contributed by atoms with van der Waals surface area (Å²) in [6.45, 7) is 2.98. The fourth-order valence-corrected chi connectivity index (χ4v) is 0.412. The highest BCUT2D eigenvalue weighted by atomic mass is 31.2. The minimum absolute atomic E-state index is 0.792. The van der Waals surface area contributed by atoms with E-state index in [1.807, 2.05) is 0 Å². The van der Waals surface area contributed by atoms with Gasteiger partial charge in [0.2, 0.25) is 0 Å². The molecule has 5 heteroatoms. The first-order valence-electron chi connectivity index (χ1n) is 1.84. The van der Waals surface area contributed by atoms with Crippen LogP contribution in [-0.4, -0.2) is 20.7 Å². The van der Waals surface area contributed by atoms with Crippen LogP contribution in [0.1, 0.15) is 0 Å². The molecule has 0 aliphatic carbocycles. The number of hydrogen-bond acceptors (Lipinski definition) is 2. The highest BCUT2D eigenvalue weighted by molar-refractivity contribution is 7.52. The summed E-state index contributed by atoms with van der Waals surface area (Å²) < 4.78 is 9.94. The van der Waals surface area contributed by atoms with E-state index in [4.69, 9.17) is 14.9 Å². The first-order chi connectivity index (χ1) is 3.48. The molecule has 0 radical (unpaired) electrons. The van der Waals surface area contributed by atoms with Crippen LogP contribution >= 0.6 is 7.60 Å². The Bertz CT molecular complexity index is 125. The summed E-state index contributed by atoms with van der Waals surface area (Å²) in [6, 6.07) is 0. The molecule has 0 fully saturated rings. The van der Waals surface area contributed by atoms with Crippen LogP contribution in [0.15, 0.2) is 12.7 Å². The topological polar surface area (TPSA) is 77.8 Å². The maximum atomic E-state index is 9.94. The van der Waals surface area contributed by atoms with Crippen LogP contribution in [0.4, 0.5) is 0 Å². The molecule has 0 spiro atoms. The van der Waals surface area contributed by atoms with Gasteiger partial charge >= 0.3 is 7.60 Å². The molecule has 0 heterocycles.